The maximum atomic E-state index is 4.55. The molecule has 1 rings (SSSR count). The van der Waals surface area contributed by atoms with E-state index in [-0.39, 0.29) is 0 Å². The van der Waals surface area contributed by atoms with Crippen molar-refractivity contribution in [2.24, 2.45) is 5.92 Å². The Hall–Kier alpha value is -0.830. The molecule has 0 aliphatic rings. The first-order valence-electron chi connectivity index (χ1n) is 5.23. The molecule has 0 atom stereocenters. The molecule has 3 heteroatoms. The van der Waals surface area contributed by atoms with Crippen molar-refractivity contribution in [2.45, 2.75) is 40.8 Å². The van der Waals surface area contributed by atoms with Crippen molar-refractivity contribution in [2.75, 3.05) is 7.05 Å². The molecular formula is C11H21N3. The molecule has 1 heterocycles. The van der Waals surface area contributed by atoms with E-state index in [9.17, 15) is 0 Å². The molecule has 1 aromatic heterocycles. The molecule has 0 unspecified atom stereocenters. The van der Waals surface area contributed by atoms with Gasteiger partial charge in [-0.25, -0.2) is 0 Å². The first-order chi connectivity index (χ1) is 6.56. The number of aromatic nitrogens is 2. The van der Waals surface area contributed by atoms with Crippen LogP contribution in [0.4, 0.5) is 0 Å². The van der Waals surface area contributed by atoms with Crippen LogP contribution >= 0.6 is 0 Å². The zero-order valence-corrected chi connectivity index (χ0v) is 9.89. The minimum atomic E-state index is 0.649. The van der Waals surface area contributed by atoms with Crippen LogP contribution in [0.3, 0.4) is 0 Å². The lowest BCUT2D eigenvalue weighted by molar-refractivity contribution is 0.472. The SMILES string of the molecule is CNCc1c(C)nn(CC(C)C)c1C. The van der Waals surface area contributed by atoms with Crippen molar-refractivity contribution in [3.05, 3.63) is 17.0 Å². The standard InChI is InChI=1S/C11H21N3/c1-8(2)7-14-10(4)11(6-12-5)9(3)13-14/h8,12H,6-7H2,1-5H3. The van der Waals surface area contributed by atoms with Gasteiger partial charge in [0.05, 0.1) is 5.69 Å². The molecule has 0 radical (unpaired) electrons. The number of hydrogen-bond acceptors (Lipinski definition) is 2. The summed E-state index contributed by atoms with van der Waals surface area (Å²) < 4.78 is 2.12. The molecule has 0 aliphatic carbocycles. The molecule has 14 heavy (non-hydrogen) atoms. The highest BCUT2D eigenvalue weighted by Crippen LogP contribution is 2.13. The Bertz CT molecular complexity index is 300. The van der Waals surface area contributed by atoms with Crippen LogP contribution in [0.5, 0.6) is 0 Å². The van der Waals surface area contributed by atoms with Crippen LogP contribution in [-0.4, -0.2) is 16.8 Å². The van der Waals surface area contributed by atoms with Gasteiger partial charge in [0, 0.05) is 24.3 Å². The summed E-state index contributed by atoms with van der Waals surface area (Å²) in [6.45, 7) is 10.6. The van der Waals surface area contributed by atoms with E-state index in [4.69, 9.17) is 0 Å². The zero-order chi connectivity index (χ0) is 10.7. The van der Waals surface area contributed by atoms with Crippen molar-refractivity contribution in [1.82, 2.24) is 15.1 Å². The summed E-state index contributed by atoms with van der Waals surface area (Å²) >= 11 is 0. The van der Waals surface area contributed by atoms with Crippen molar-refractivity contribution < 1.29 is 0 Å². The van der Waals surface area contributed by atoms with Crippen molar-refractivity contribution >= 4 is 0 Å². The Morgan fingerprint density at radius 3 is 2.50 bits per heavy atom. The first kappa shape index (κ1) is 11.2. The Kier molecular flexibility index (Phi) is 3.69. The van der Waals surface area contributed by atoms with Crippen LogP contribution in [0, 0.1) is 19.8 Å². The second kappa shape index (κ2) is 4.60. The van der Waals surface area contributed by atoms with E-state index in [0.717, 1.165) is 18.8 Å². The molecule has 0 bridgehead atoms. The zero-order valence-electron chi connectivity index (χ0n) is 9.89. The largest absolute Gasteiger partial charge is 0.316 e. The summed E-state index contributed by atoms with van der Waals surface area (Å²) in [5, 5.41) is 7.72. The average molecular weight is 195 g/mol. The van der Waals surface area contributed by atoms with E-state index in [1.165, 1.54) is 11.3 Å². The van der Waals surface area contributed by atoms with Gasteiger partial charge in [-0.15, -0.1) is 0 Å². The quantitative estimate of drug-likeness (QED) is 0.795. The van der Waals surface area contributed by atoms with Gasteiger partial charge in [0.2, 0.25) is 0 Å². The first-order valence-corrected chi connectivity index (χ1v) is 5.23. The molecule has 3 nitrogen and oxygen atoms in total. The van der Waals surface area contributed by atoms with Gasteiger partial charge in [-0.2, -0.15) is 5.10 Å². The van der Waals surface area contributed by atoms with Gasteiger partial charge in [-0.1, -0.05) is 13.8 Å². The number of hydrogen-bond donors (Lipinski definition) is 1. The third-order valence-electron chi connectivity index (χ3n) is 2.42. The molecular weight excluding hydrogens is 174 g/mol. The fraction of sp³-hybridized carbons (Fsp3) is 0.727. The minimum Gasteiger partial charge on any atom is -0.316 e. The molecule has 0 aliphatic heterocycles. The van der Waals surface area contributed by atoms with E-state index in [0.29, 0.717) is 5.92 Å². The van der Waals surface area contributed by atoms with Gasteiger partial charge in [0.15, 0.2) is 0 Å². The van der Waals surface area contributed by atoms with E-state index >= 15 is 0 Å². The molecule has 1 aromatic rings. The smallest absolute Gasteiger partial charge is 0.0641 e. The highest BCUT2D eigenvalue weighted by Gasteiger charge is 2.10. The lowest BCUT2D eigenvalue weighted by Crippen LogP contribution is -2.10. The van der Waals surface area contributed by atoms with Crippen LogP contribution in [0.2, 0.25) is 0 Å². The van der Waals surface area contributed by atoms with Crippen LogP contribution in [0.1, 0.15) is 30.8 Å². The number of rotatable bonds is 4. The maximum Gasteiger partial charge on any atom is 0.0641 e. The summed E-state index contributed by atoms with van der Waals surface area (Å²) in [5.41, 5.74) is 3.79. The van der Waals surface area contributed by atoms with Gasteiger partial charge in [-0.05, 0) is 26.8 Å². The van der Waals surface area contributed by atoms with E-state index in [2.05, 4.69) is 42.8 Å². The number of nitrogens with one attached hydrogen (secondary N) is 1. The maximum absolute atomic E-state index is 4.55. The number of nitrogens with zero attached hydrogens (tertiary/aromatic N) is 2. The van der Waals surface area contributed by atoms with Crippen LogP contribution in [-0.2, 0) is 13.1 Å². The summed E-state index contributed by atoms with van der Waals surface area (Å²) in [6.07, 6.45) is 0. The molecule has 0 aromatic carbocycles. The fourth-order valence-corrected chi connectivity index (χ4v) is 1.69. The van der Waals surface area contributed by atoms with Crippen molar-refractivity contribution in [1.29, 1.82) is 0 Å². The van der Waals surface area contributed by atoms with Crippen LogP contribution in [0.25, 0.3) is 0 Å². The van der Waals surface area contributed by atoms with E-state index < -0.39 is 0 Å². The van der Waals surface area contributed by atoms with Crippen molar-refractivity contribution in [3.8, 4) is 0 Å². The minimum absolute atomic E-state index is 0.649. The van der Waals surface area contributed by atoms with Gasteiger partial charge in [0.25, 0.3) is 0 Å². The molecule has 0 saturated carbocycles. The Balaban J connectivity index is 2.92. The molecule has 0 saturated heterocycles. The molecule has 0 amide bonds. The summed E-state index contributed by atoms with van der Waals surface area (Å²) in [5.74, 6) is 0.649. The normalized spacial score (nSPS) is 11.3. The fourth-order valence-electron chi connectivity index (χ4n) is 1.69. The van der Waals surface area contributed by atoms with E-state index in [1.807, 2.05) is 7.05 Å². The Morgan fingerprint density at radius 1 is 1.36 bits per heavy atom. The van der Waals surface area contributed by atoms with Crippen LogP contribution in [0.15, 0.2) is 0 Å². The van der Waals surface area contributed by atoms with Crippen LogP contribution < -0.4 is 5.32 Å². The molecule has 0 fully saturated rings. The summed E-state index contributed by atoms with van der Waals surface area (Å²) in [6, 6.07) is 0. The van der Waals surface area contributed by atoms with E-state index in [1.54, 1.807) is 0 Å². The third-order valence-corrected chi connectivity index (χ3v) is 2.42. The summed E-state index contributed by atoms with van der Waals surface area (Å²) in [4.78, 5) is 0. The highest BCUT2D eigenvalue weighted by molar-refractivity contribution is 5.24. The summed E-state index contributed by atoms with van der Waals surface area (Å²) in [7, 11) is 1.97. The molecule has 1 N–H and O–H groups in total. The second-order valence-corrected chi connectivity index (χ2v) is 4.26. The Morgan fingerprint density at radius 2 is 2.00 bits per heavy atom. The van der Waals surface area contributed by atoms with Gasteiger partial charge in [-0.3, -0.25) is 4.68 Å². The average Bonchev–Trinajstić information content (AvgIpc) is 2.32. The second-order valence-electron chi connectivity index (χ2n) is 4.26. The van der Waals surface area contributed by atoms with Crippen molar-refractivity contribution in [3.63, 3.8) is 0 Å². The van der Waals surface area contributed by atoms with Gasteiger partial charge < -0.3 is 5.32 Å². The third kappa shape index (κ3) is 2.35. The predicted octanol–water partition coefficient (Wildman–Crippen LogP) is 1.88. The predicted molar refractivity (Wildman–Crippen MR) is 59.3 cm³/mol. The Labute approximate surface area is 86.5 Å². The lowest BCUT2D eigenvalue weighted by atomic mass is 10.2. The topological polar surface area (TPSA) is 29.9 Å². The molecule has 80 valence electrons. The number of aryl methyl sites for hydroxylation is 1. The monoisotopic (exact) mass is 195 g/mol. The molecule has 0 spiro atoms. The lowest BCUT2D eigenvalue weighted by Gasteiger charge is -2.07. The van der Waals surface area contributed by atoms with Gasteiger partial charge in [0.1, 0.15) is 0 Å². The van der Waals surface area contributed by atoms with Gasteiger partial charge >= 0.3 is 0 Å². The highest BCUT2D eigenvalue weighted by atomic mass is 15.3.